The van der Waals surface area contributed by atoms with Crippen molar-refractivity contribution in [2.24, 2.45) is 20.0 Å². The van der Waals surface area contributed by atoms with Crippen LogP contribution in [0, 0.1) is 17.2 Å². The highest BCUT2D eigenvalue weighted by Gasteiger charge is 2.28. The summed E-state index contributed by atoms with van der Waals surface area (Å²) in [6, 6.07) is 10.1. The summed E-state index contributed by atoms with van der Waals surface area (Å²) in [5, 5.41) is 12.7. The van der Waals surface area contributed by atoms with Crippen molar-refractivity contribution in [1.82, 2.24) is 9.13 Å². The average Bonchev–Trinajstić information content (AvgIpc) is 2.60. The molecule has 6 nitrogen and oxygen atoms in total. The topological polar surface area (TPSA) is 79.8 Å². The maximum Gasteiger partial charge on any atom is 0.332 e. The van der Waals surface area contributed by atoms with Crippen LogP contribution in [0.5, 0.6) is 0 Å². The summed E-state index contributed by atoms with van der Waals surface area (Å²) in [7, 11) is 2.96. The maximum atomic E-state index is 12.2. The number of hydrogen-bond donors (Lipinski definition) is 1. The first-order valence-electron chi connectivity index (χ1n) is 8.00. The van der Waals surface area contributed by atoms with Crippen molar-refractivity contribution in [2.45, 2.75) is 25.8 Å². The first kappa shape index (κ1) is 16.1. The van der Waals surface area contributed by atoms with Crippen LogP contribution in [-0.4, -0.2) is 9.13 Å². The molecular weight excluding hydrogens is 304 g/mol. The minimum Gasteiger partial charge on any atom is -0.363 e. The van der Waals surface area contributed by atoms with Crippen LogP contribution in [0.3, 0.4) is 0 Å². The number of anilines is 1. The molecule has 124 valence electrons. The van der Waals surface area contributed by atoms with Gasteiger partial charge in [-0.05, 0) is 29.9 Å². The summed E-state index contributed by atoms with van der Waals surface area (Å²) in [5.74, 6) is 0.616. The molecule has 1 aliphatic rings. The second-order valence-corrected chi connectivity index (χ2v) is 6.38. The lowest BCUT2D eigenvalue weighted by Gasteiger charge is -2.33. The highest BCUT2D eigenvalue weighted by Crippen LogP contribution is 2.36. The van der Waals surface area contributed by atoms with Crippen molar-refractivity contribution >= 4 is 5.82 Å². The van der Waals surface area contributed by atoms with E-state index in [-0.39, 0.29) is 11.6 Å². The smallest absolute Gasteiger partial charge is 0.332 e. The number of aromatic nitrogens is 2. The van der Waals surface area contributed by atoms with Crippen molar-refractivity contribution in [3.8, 4) is 6.07 Å². The van der Waals surface area contributed by atoms with Crippen LogP contribution in [-0.2, 0) is 20.5 Å². The van der Waals surface area contributed by atoms with Crippen molar-refractivity contribution in [3.63, 3.8) is 0 Å². The molecule has 0 aliphatic heterocycles. The molecular formula is C18H20N4O2. The second-order valence-electron chi connectivity index (χ2n) is 6.38. The molecule has 1 heterocycles. The molecule has 1 N–H and O–H groups in total. The largest absolute Gasteiger partial charge is 0.363 e. The lowest BCUT2D eigenvalue weighted by Crippen LogP contribution is -2.40. The highest BCUT2D eigenvalue weighted by atomic mass is 16.2. The zero-order chi connectivity index (χ0) is 17.4. The number of aryl methyl sites for hydroxylation is 1. The van der Waals surface area contributed by atoms with E-state index >= 15 is 0 Å². The number of rotatable bonds is 2. The molecule has 1 aromatic heterocycles. The molecule has 1 aromatic carbocycles. The van der Waals surface area contributed by atoms with Crippen LogP contribution in [0.4, 0.5) is 5.82 Å². The molecule has 0 fully saturated rings. The van der Waals surface area contributed by atoms with Crippen molar-refractivity contribution in [3.05, 3.63) is 61.8 Å². The molecule has 3 rings (SSSR count). The molecule has 2 unspecified atom stereocenters. The van der Waals surface area contributed by atoms with E-state index in [1.807, 2.05) is 18.2 Å². The summed E-state index contributed by atoms with van der Waals surface area (Å²) in [6.07, 6.45) is 2.02. The van der Waals surface area contributed by atoms with E-state index in [0.29, 0.717) is 11.7 Å². The van der Waals surface area contributed by atoms with Gasteiger partial charge >= 0.3 is 5.69 Å². The monoisotopic (exact) mass is 324 g/mol. The van der Waals surface area contributed by atoms with Gasteiger partial charge in [0.2, 0.25) is 0 Å². The van der Waals surface area contributed by atoms with Gasteiger partial charge in [-0.25, -0.2) is 4.79 Å². The highest BCUT2D eigenvalue weighted by molar-refractivity contribution is 5.53. The van der Waals surface area contributed by atoms with E-state index in [1.165, 1.54) is 17.2 Å². The Balaban J connectivity index is 2.15. The summed E-state index contributed by atoms with van der Waals surface area (Å²) in [6.45, 7) is 2.14. The zero-order valence-corrected chi connectivity index (χ0v) is 14.0. The molecule has 0 amide bonds. The molecule has 0 saturated carbocycles. The van der Waals surface area contributed by atoms with Crippen LogP contribution in [0.2, 0.25) is 0 Å². The van der Waals surface area contributed by atoms with Crippen LogP contribution in [0.15, 0.2) is 33.9 Å². The summed E-state index contributed by atoms with van der Waals surface area (Å²) < 4.78 is 2.30. The summed E-state index contributed by atoms with van der Waals surface area (Å²) >= 11 is 0. The number of nitrogens with zero attached hydrogens (tertiary/aromatic N) is 3. The molecule has 2 atom stereocenters. The number of benzene rings is 1. The summed E-state index contributed by atoms with van der Waals surface area (Å²) in [5.41, 5.74) is 1.38. The van der Waals surface area contributed by atoms with Gasteiger partial charge in [0.15, 0.2) is 5.56 Å². The van der Waals surface area contributed by atoms with Crippen molar-refractivity contribution in [1.29, 1.82) is 5.26 Å². The van der Waals surface area contributed by atoms with Gasteiger partial charge in [0.1, 0.15) is 11.9 Å². The van der Waals surface area contributed by atoms with Gasteiger partial charge in [-0.3, -0.25) is 13.9 Å². The van der Waals surface area contributed by atoms with E-state index < -0.39 is 11.2 Å². The fourth-order valence-corrected chi connectivity index (χ4v) is 3.40. The molecule has 0 bridgehead atoms. The normalized spacial score (nSPS) is 19.4. The zero-order valence-electron chi connectivity index (χ0n) is 14.0. The Morgan fingerprint density at radius 3 is 2.62 bits per heavy atom. The van der Waals surface area contributed by atoms with Gasteiger partial charge in [-0.2, -0.15) is 5.26 Å². The molecule has 0 saturated heterocycles. The first-order valence-corrected chi connectivity index (χ1v) is 8.00. The number of hydrogen-bond acceptors (Lipinski definition) is 4. The van der Waals surface area contributed by atoms with Crippen molar-refractivity contribution in [2.75, 3.05) is 5.32 Å². The molecule has 6 heteroatoms. The third kappa shape index (κ3) is 2.42. The quantitative estimate of drug-likeness (QED) is 0.911. The minimum atomic E-state index is -0.570. The van der Waals surface area contributed by atoms with E-state index in [1.54, 1.807) is 7.05 Å². The first-order chi connectivity index (χ1) is 11.5. The van der Waals surface area contributed by atoms with Crippen LogP contribution in [0.25, 0.3) is 0 Å². The Bertz CT molecular complexity index is 949. The SMILES string of the molecule is CC1CCc2ccccc2C1Nc1c(C#N)c(=O)n(C)c(=O)n1C. The van der Waals surface area contributed by atoms with Gasteiger partial charge in [0.25, 0.3) is 5.56 Å². The van der Waals surface area contributed by atoms with Crippen molar-refractivity contribution < 1.29 is 0 Å². The lowest BCUT2D eigenvalue weighted by molar-refractivity contribution is 0.431. The Labute approximate surface area is 140 Å². The fraction of sp³-hybridized carbons (Fsp3) is 0.389. The van der Waals surface area contributed by atoms with Crippen LogP contribution >= 0.6 is 0 Å². The molecule has 1 aliphatic carbocycles. The Morgan fingerprint density at radius 2 is 1.92 bits per heavy atom. The van der Waals surface area contributed by atoms with E-state index in [9.17, 15) is 14.9 Å². The Kier molecular flexibility index (Phi) is 4.02. The lowest BCUT2D eigenvalue weighted by atomic mass is 9.80. The van der Waals surface area contributed by atoms with E-state index in [4.69, 9.17) is 0 Å². The van der Waals surface area contributed by atoms with Gasteiger partial charge in [-0.15, -0.1) is 0 Å². The van der Waals surface area contributed by atoms with Gasteiger partial charge in [0, 0.05) is 14.1 Å². The minimum absolute atomic E-state index is 0.0325. The number of nitrogens with one attached hydrogen (secondary N) is 1. The van der Waals surface area contributed by atoms with Crippen LogP contribution < -0.4 is 16.6 Å². The molecule has 24 heavy (non-hydrogen) atoms. The van der Waals surface area contributed by atoms with Gasteiger partial charge in [0.05, 0.1) is 6.04 Å². The van der Waals surface area contributed by atoms with E-state index in [0.717, 1.165) is 23.0 Å². The number of nitriles is 1. The predicted octanol–water partition coefficient (Wildman–Crippen LogP) is 1.69. The average molecular weight is 324 g/mol. The molecule has 0 radical (unpaired) electrons. The standard InChI is InChI=1S/C18H20N4O2/c1-11-8-9-12-6-4-5-7-13(12)15(11)20-16-14(10-19)17(23)22(3)18(24)21(16)2/h4-7,11,15,20H,8-9H2,1-3H3. The van der Waals surface area contributed by atoms with Gasteiger partial charge in [-0.1, -0.05) is 31.2 Å². The van der Waals surface area contributed by atoms with Crippen LogP contribution in [0.1, 0.15) is 36.1 Å². The molecule has 2 aromatic rings. The summed E-state index contributed by atoms with van der Waals surface area (Å²) in [4.78, 5) is 24.5. The molecule has 0 spiro atoms. The fourth-order valence-electron chi connectivity index (χ4n) is 3.40. The number of fused-ring (bicyclic) bond motifs is 1. The maximum absolute atomic E-state index is 12.2. The Hall–Kier alpha value is -2.81. The Morgan fingerprint density at radius 1 is 1.21 bits per heavy atom. The third-order valence-corrected chi connectivity index (χ3v) is 4.90. The predicted molar refractivity (Wildman–Crippen MR) is 91.9 cm³/mol. The third-order valence-electron chi connectivity index (χ3n) is 4.90. The van der Waals surface area contributed by atoms with Gasteiger partial charge < -0.3 is 5.32 Å². The second kappa shape index (κ2) is 6.00. The van der Waals surface area contributed by atoms with E-state index in [2.05, 4.69) is 24.4 Å².